The van der Waals surface area contributed by atoms with Gasteiger partial charge in [0.05, 0.1) is 36.8 Å². The van der Waals surface area contributed by atoms with Gasteiger partial charge in [0.1, 0.15) is 11.9 Å². The molecule has 8 nitrogen and oxygen atoms in total. The number of piperidine rings is 1. The quantitative estimate of drug-likeness (QED) is 0.533. The van der Waals surface area contributed by atoms with Gasteiger partial charge in [-0.25, -0.2) is 0 Å². The molecule has 1 aliphatic rings. The lowest BCUT2D eigenvalue weighted by Gasteiger charge is -2.31. The second kappa shape index (κ2) is 12.1. The number of rotatable bonds is 10. The van der Waals surface area contributed by atoms with E-state index in [-0.39, 0.29) is 18.6 Å². The smallest absolute Gasteiger partial charge is 0.320 e. The number of benzene rings is 2. The fourth-order valence-electron chi connectivity index (χ4n) is 3.98. The Morgan fingerprint density at radius 1 is 1.18 bits per heavy atom. The van der Waals surface area contributed by atoms with Gasteiger partial charge >= 0.3 is 5.97 Å². The fraction of sp³-hybridized carbons (Fsp3) is 0.423. The number of likely N-dealkylation sites (tertiary alicyclic amines) is 1. The molecular formula is C26H30N3O5-. The van der Waals surface area contributed by atoms with E-state index in [0.29, 0.717) is 29.2 Å². The van der Waals surface area contributed by atoms with Crippen molar-refractivity contribution in [3.8, 4) is 11.8 Å². The molecular weight excluding hydrogens is 434 g/mol. The molecule has 3 rings (SSSR count). The summed E-state index contributed by atoms with van der Waals surface area (Å²) >= 11 is 0. The highest BCUT2D eigenvalue weighted by Crippen LogP contribution is 2.28. The summed E-state index contributed by atoms with van der Waals surface area (Å²) in [6.07, 6.45) is 2.22. The molecule has 180 valence electrons. The van der Waals surface area contributed by atoms with Gasteiger partial charge < -0.3 is 24.7 Å². The molecule has 1 aliphatic heterocycles. The summed E-state index contributed by atoms with van der Waals surface area (Å²) in [5.41, 5.74) is 2.57. The third-order valence-corrected chi connectivity index (χ3v) is 5.79. The SMILES string of the molecule is CCOC(=O)CN1CCC(Oc2cc(CC)cc(C(Nc3ccc(C#N)cc3)C(=O)[O-])c2)CC1. The Kier molecular flexibility index (Phi) is 8.88. The zero-order chi connectivity index (χ0) is 24.5. The van der Waals surface area contributed by atoms with Crippen molar-refractivity contribution in [2.24, 2.45) is 0 Å². The lowest BCUT2D eigenvalue weighted by atomic mass is 10.0. The molecule has 0 aliphatic carbocycles. The average Bonchev–Trinajstić information content (AvgIpc) is 2.83. The minimum absolute atomic E-state index is 0.0220. The summed E-state index contributed by atoms with van der Waals surface area (Å²) in [5.74, 6) is -0.854. The molecule has 34 heavy (non-hydrogen) atoms. The Balaban J connectivity index is 1.70. The molecule has 0 amide bonds. The molecule has 1 fully saturated rings. The Morgan fingerprint density at radius 3 is 2.47 bits per heavy atom. The molecule has 0 radical (unpaired) electrons. The van der Waals surface area contributed by atoms with E-state index >= 15 is 0 Å². The normalized spacial score (nSPS) is 15.2. The number of anilines is 1. The van der Waals surface area contributed by atoms with Gasteiger partial charge in [0, 0.05) is 18.8 Å². The van der Waals surface area contributed by atoms with Crippen molar-refractivity contribution in [2.45, 2.75) is 45.3 Å². The van der Waals surface area contributed by atoms with Gasteiger partial charge in [-0.05, 0) is 73.7 Å². The van der Waals surface area contributed by atoms with Gasteiger partial charge in [0.2, 0.25) is 0 Å². The summed E-state index contributed by atoms with van der Waals surface area (Å²) in [7, 11) is 0. The van der Waals surface area contributed by atoms with E-state index < -0.39 is 12.0 Å². The molecule has 8 heteroatoms. The van der Waals surface area contributed by atoms with Gasteiger partial charge in [-0.3, -0.25) is 9.69 Å². The number of nitriles is 1. The van der Waals surface area contributed by atoms with Crippen LogP contribution in [-0.2, 0) is 20.7 Å². The predicted molar refractivity (Wildman–Crippen MR) is 125 cm³/mol. The fourth-order valence-corrected chi connectivity index (χ4v) is 3.98. The van der Waals surface area contributed by atoms with Crippen molar-refractivity contribution in [2.75, 3.05) is 31.6 Å². The van der Waals surface area contributed by atoms with Gasteiger partial charge in [0.15, 0.2) is 0 Å². The summed E-state index contributed by atoms with van der Waals surface area (Å²) in [6.45, 7) is 5.91. The van der Waals surface area contributed by atoms with Crippen LogP contribution >= 0.6 is 0 Å². The standard InChI is InChI=1S/C26H31N3O5/c1-3-18-13-20(25(26(31)32)28-21-7-5-19(16-27)6-8-21)15-23(14-18)34-22-9-11-29(12-10-22)17-24(30)33-4-2/h5-8,13-15,22,25,28H,3-4,9-12,17H2,1-2H3,(H,31,32)/p-1. The Labute approximate surface area is 200 Å². The molecule has 2 aromatic carbocycles. The van der Waals surface area contributed by atoms with Crippen LogP contribution in [0.2, 0.25) is 0 Å². The van der Waals surface area contributed by atoms with Crippen LogP contribution in [0.15, 0.2) is 42.5 Å². The molecule has 1 N–H and O–H groups in total. The molecule has 0 bridgehead atoms. The minimum Gasteiger partial charge on any atom is -0.548 e. The lowest BCUT2D eigenvalue weighted by Crippen LogP contribution is -2.41. The van der Waals surface area contributed by atoms with Crippen LogP contribution in [0.5, 0.6) is 5.75 Å². The summed E-state index contributed by atoms with van der Waals surface area (Å²) in [6, 6.07) is 13.1. The molecule has 1 atom stereocenters. The molecule has 0 spiro atoms. The first-order valence-electron chi connectivity index (χ1n) is 11.6. The number of carbonyl (C=O) groups excluding carboxylic acids is 2. The minimum atomic E-state index is -1.25. The van der Waals surface area contributed by atoms with E-state index in [2.05, 4.69) is 10.2 Å². The largest absolute Gasteiger partial charge is 0.548 e. The number of nitrogens with zero attached hydrogens (tertiary/aromatic N) is 2. The predicted octanol–water partition coefficient (Wildman–Crippen LogP) is 2.43. The first-order chi connectivity index (χ1) is 16.4. The molecule has 0 saturated carbocycles. The van der Waals surface area contributed by atoms with Crippen LogP contribution in [0, 0.1) is 11.3 Å². The number of nitrogens with one attached hydrogen (secondary N) is 1. The highest BCUT2D eigenvalue weighted by Gasteiger charge is 2.23. The van der Waals surface area contributed by atoms with E-state index in [9.17, 15) is 14.7 Å². The highest BCUT2D eigenvalue weighted by atomic mass is 16.5. The van der Waals surface area contributed by atoms with Gasteiger partial charge in [-0.1, -0.05) is 13.0 Å². The lowest BCUT2D eigenvalue weighted by molar-refractivity contribution is -0.307. The van der Waals surface area contributed by atoms with Crippen molar-refractivity contribution in [1.82, 2.24) is 4.90 Å². The molecule has 1 heterocycles. The van der Waals surface area contributed by atoms with Crippen LogP contribution in [0.4, 0.5) is 5.69 Å². The number of hydrogen-bond donors (Lipinski definition) is 1. The van der Waals surface area contributed by atoms with Crippen molar-refractivity contribution < 1.29 is 24.2 Å². The highest BCUT2D eigenvalue weighted by molar-refractivity contribution is 5.78. The number of aryl methyl sites for hydroxylation is 1. The summed E-state index contributed by atoms with van der Waals surface area (Å²) in [5, 5.41) is 23.9. The van der Waals surface area contributed by atoms with Crippen LogP contribution in [0.1, 0.15) is 49.4 Å². The third kappa shape index (κ3) is 6.96. The number of hydrogen-bond acceptors (Lipinski definition) is 8. The number of carboxylic acid groups (broad SMARTS) is 1. The number of aliphatic carboxylic acids is 1. The molecule has 2 aromatic rings. The van der Waals surface area contributed by atoms with Crippen molar-refractivity contribution in [1.29, 1.82) is 5.26 Å². The van der Waals surface area contributed by atoms with Crippen molar-refractivity contribution >= 4 is 17.6 Å². The summed E-state index contributed by atoms with van der Waals surface area (Å²) < 4.78 is 11.2. The summed E-state index contributed by atoms with van der Waals surface area (Å²) in [4.78, 5) is 25.7. The maximum atomic E-state index is 12.0. The molecule has 1 saturated heterocycles. The van der Waals surface area contributed by atoms with Gasteiger partial charge in [-0.15, -0.1) is 0 Å². The topological polar surface area (TPSA) is 115 Å². The van der Waals surface area contributed by atoms with Gasteiger partial charge in [0.25, 0.3) is 0 Å². The second-order valence-electron chi connectivity index (χ2n) is 8.25. The Morgan fingerprint density at radius 2 is 1.88 bits per heavy atom. The van der Waals surface area contributed by atoms with E-state index in [0.717, 1.165) is 37.9 Å². The van der Waals surface area contributed by atoms with Crippen molar-refractivity contribution in [3.63, 3.8) is 0 Å². The number of ether oxygens (including phenoxy) is 2. The first kappa shape index (κ1) is 25.1. The number of carboxylic acids is 1. The van der Waals surface area contributed by atoms with Crippen LogP contribution in [0.3, 0.4) is 0 Å². The average molecular weight is 465 g/mol. The first-order valence-corrected chi connectivity index (χ1v) is 11.6. The zero-order valence-electron chi connectivity index (χ0n) is 19.6. The van der Waals surface area contributed by atoms with Crippen molar-refractivity contribution in [3.05, 3.63) is 59.2 Å². The zero-order valence-corrected chi connectivity index (χ0v) is 19.6. The third-order valence-electron chi connectivity index (χ3n) is 5.79. The Hall–Kier alpha value is -3.57. The van der Waals surface area contributed by atoms with E-state index in [1.54, 1.807) is 37.3 Å². The van der Waals surface area contributed by atoms with E-state index in [1.165, 1.54) is 0 Å². The van der Waals surface area contributed by atoms with E-state index in [4.69, 9.17) is 14.7 Å². The maximum Gasteiger partial charge on any atom is 0.320 e. The van der Waals surface area contributed by atoms with E-state index in [1.807, 2.05) is 25.1 Å². The van der Waals surface area contributed by atoms with Crippen LogP contribution in [-0.4, -0.2) is 49.2 Å². The maximum absolute atomic E-state index is 12.0. The van der Waals surface area contributed by atoms with Crippen LogP contribution < -0.4 is 15.2 Å². The number of esters is 1. The number of carbonyl (C=O) groups is 2. The monoisotopic (exact) mass is 464 g/mol. The Bertz CT molecular complexity index is 1020. The molecule has 0 aromatic heterocycles. The van der Waals surface area contributed by atoms with Crippen LogP contribution in [0.25, 0.3) is 0 Å². The van der Waals surface area contributed by atoms with Gasteiger partial charge in [-0.2, -0.15) is 5.26 Å². The second-order valence-corrected chi connectivity index (χ2v) is 8.25. The molecule has 1 unspecified atom stereocenters.